The third-order valence-corrected chi connectivity index (χ3v) is 4.09. The molecule has 0 saturated heterocycles. The third-order valence-electron chi connectivity index (χ3n) is 2.72. The molecule has 108 valence electrons. The quantitative estimate of drug-likeness (QED) is 0.853. The molecule has 0 amide bonds. The maximum atomic E-state index is 14.3. The number of thioether (sulfide) groups is 1. The monoisotopic (exact) mass is 285 g/mol. The lowest BCUT2D eigenvalue weighted by atomic mass is 10.1. The van der Waals surface area contributed by atoms with Crippen molar-refractivity contribution >= 4 is 11.8 Å². The summed E-state index contributed by atoms with van der Waals surface area (Å²) in [6.45, 7) is 9.35. The number of rotatable bonds is 6. The van der Waals surface area contributed by atoms with Crippen LogP contribution in [0, 0.1) is 5.82 Å². The fraction of sp³-hybridized carbons (Fsp3) is 0.600. The van der Waals surface area contributed by atoms with Crippen LogP contribution in [0.5, 0.6) is 5.75 Å². The first-order valence-electron chi connectivity index (χ1n) is 6.58. The van der Waals surface area contributed by atoms with Crippen LogP contribution in [0.1, 0.15) is 39.3 Å². The number of hydrogen-bond acceptors (Lipinski definition) is 3. The molecule has 1 unspecified atom stereocenters. The third kappa shape index (κ3) is 5.03. The van der Waals surface area contributed by atoms with Gasteiger partial charge in [0, 0.05) is 22.1 Å². The van der Waals surface area contributed by atoms with E-state index >= 15 is 0 Å². The van der Waals surface area contributed by atoms with Crippen molar-refractivity contribution in [1.29, 1.82) is 0 Å². The number of nitrogens with one attached hydrogen (secondary N) is 1. The van der Waals surface area contributed by atoms with Gasteiger partial charge in [-0.25, -0.2) is 4.39 Å². The second-order valence-electron chi connectivity index (χ2n) is 5.40. The number of ether oxygens (including phenoxy) is 1. The number of hydrogen-bond donors (Lipinski definition) is 1. The molecule has 0 heterocycles. The average molecular weight is 285 g/mol. The SMILES string of the molecule is CCNC(CSC(C)(C)C)c1cccc(OC)c1F. The van der Waals surface area contributed by atoms with E-state index in [1.165, 1.54) is 7.11 Å². The van der Waals surface area contributed by atoms with Crippen molar-refractivity contribution in [3.8, 4) is 5.75 Å². The summed E-state index contributed by atoms with van der Waals surface area (Å²) in [4.78, 5) is 0. The molecule has 19 heavy (non-hydrogen) atoms. The van der Waals surface area contributed by atoms with Crippen molar-refractivity contribution in [3.05, 3.63) is 29.6 Å². The minimum Gasteiger partial charge on any atom is -0.494 e. The molecule has 0 saturated carbocycles. The van der Waals surface area contributed by atoms with Gasteiger partial charge in [0.25, 0.3) is 0 Å². The van der Waals surface area contributed by atoms with E-state index in [4.69, 9.17) is 4.74 Å². The van der Waals surface area contributed by atoms with Gasteiger partial charge in [0.15, 0.2) is 11.6 Å². The Morgan fingerprint density at radius 3 is 2.58 bits per heavy atom. The standard InChI is InChI=1S/C15H24FNOS/c1-6-17-12(10-19-15(2,3)4)11-8-7-9-13(18-5)14(11)16/h7-9,12,17H,6,10H2,1-5H3. The van der Waals surface area contributed by atoms with Crippen LogP contribution >= 0.6 is 11.8 Å². The summed E-state index contributed by atoms with van der Waals surface area (Å²) in [7, 11) is 1.49. The fourth-order valence-corrected chi connectivity index (χ4v) is 2.76. The Morgan fingerprint density at radius 1 is 1.37 bits per heavy atom. The van der Waals surface area contributed by atoms with Crippen LogP contribution in [0.2, 0.25) is 0 Å². The van der Waals surface area contributed by atoms with E-state index in [9.17, 15) is 4.39 Å². The summed E-state index contributed by atoms with van der Waals surface area (Å²) in [5.41, 5.74) is 0.679. The lowest BCUT2D eigenvalue weighted by molar-refractivity contribution is 0.381. The van der Waals surface area contributed by atoms with E-state index < -0.39 is 0 Å². The molecule has 4 heteroatoms. The van der Waals surface area contributed by atoms with Crippen LogP contribution < -0.4 is 10.1 Å². The maximum absolute atomic E-state index is 14.3. The summed E-state index contributed by atoms with van der Waals surface area (Å²) in [6, 6.07) is 5.32. The second-order valence-corrected chi connectivity index (χ2v) is 7.24. The zero-order valence-electron chi connectivity index (χ0n) is 12.4. The molecule has 0 aliphatic carbocycles. The minimum atomic E-state index is -0.259. The predicted octanol–water partition coefficient (Wildman–Crippen LogP) is 4.02. The first kappa shape index (κ1) is 16.3. The van der Waals surface area contributed by atoms with E-state index in [0.29, 0.717) is 11.3 Å². The highest BCUT2D eigenvalue weighted by Crippen LogP contribution is 2.31. The topological polar surface area (TPSA) is 21.3 Å². The van der Waals surface area contributed by atoms with E-state index in [2.05, 4.69) is 26.1 Å². The normalized spacial score (nSPS) is 13.4. The summed E-state index contributed by atoms with van der Waals surface area (Å²) < 4.78 is 19.5. The van der Waals surface area contributed by atoms with Crippen molar-refractivity contribution in [2.24, 2.45) is 0 Å². The molecule has 0 spiro atoms. The van der Waals surface area contributed by atoms with Gasteiger partial charge in [-0.2, -0.15) is 11.8 Å². The molecule has 0 aromatic heterocycles. The number of benzene rings is 1. The Hall–Kier alpha value is -0.740. The average Bonchev–Trinajstić information content (AvgIpc) is 2.34. The van der Waals surface area contributed by atoms with Gasteiger partial charge >= 0.3 is 0 Å². The maximum Gasteiger partial charge on any atom is 0.169 e. The Balaban J connectivity index is 2.92. The lowest BCUT2D eigenvalue weighted by Gasteiger charge is -2.24. The van der Waals surface area contributed by atoms with Gasteiger partial charge in [-0.1, -0.05) is 39.8 Å². The van der Waals surface area contributed by atoms with Crippen molar-refractivity contribution in [2.75, 3.05) is 19.4 Å². The Morgan fingerprint density at radius 2 is 2.05 bits per heavy atom. The van der Waals surface area contributed by atoms with Crippen LogP contribution in [0.15, 0.2) is 18.2 Å². The highest BCUT2D eigenvalue weighted by atomic mass is 32.2. The minimum absolute atomic E-state index is 0.00400. The van der Waals surface area contributed by atoms with Crippen molar-refractivity contribution < 1.29 is 9.13 Å². The lowest BCUT2D eigenvalue weighted by Crippen LogP contribution is -2.26. The van der Waals surface area contributed by atoms with Crippen molar-refractivity contribution in [3.63, 3.8) is 0 Å². The van der Waals surface area contributed by atoms with Crippen LogP contribution in [-0.4, -0.2) is 24.2 Å². The van der Waals surface area contributed by atoms with Gasteiger partial charge in [0.05, 0.1) is 7.11 Å². The molecule has 2 nitrogen and oxygen atoms in total. The Labute approximate surface area is 120 Å². The second kappa shape index (κ2) is 7.15. The van der Waals surface area contributed by atoms with Gasteiger partial charge in [-0.15, -0.1) is 0 Å². The molecule has 1 atom stereocenters. The molecule has 1 rings (SSSR count). The van der Waals surface area contributed by atoms with Crippen LogP contribution in [0.4, 0.5) is 4.39 Å². The largest absolute Gasteiger partial charge is 0.494 e. The predicted molar refractivity (Wildman–Crippen MR) is 81.6 cm³/mol. The van der Waals surface area contributed by atoms with E-state index in [0.717, 1.165) is 12.3 Å². The molecule has 1 aromatic carbocycles. The fourth-order valence-electron chi connectivity index (χ4n) is 1.79. The summed E-state index contributed by atoms with van der Waals surface area (Å²) in [5, 5.41) is 3.35. The van der Waals surface area contributed by atoms with E-state index in [1.54, 1.807) is 6.07 Å². The van der Waals surface area contributed by atoms with Crippen molar-refractivity contribution in [1.82, 2.24) is 5.32 Å². The Kier molecular flexibility index (Phi) is 6.14. The smallest absolute Gasteiger partial charge is 0.169 e. The first-order valence-corrected chi connectivity index (χ1v) is 7.57. The van der Waals surface area contributed by atoms with Crippen LogP contribution in [-0.2, 0) is 0 Å². The summed E-state index contributed by atoms with van der Waals surface area (Å²) >= 11 is 1.83. The first-order chi connectivity index (χ1) is 8.89. The zero-order chi connectivity index (χ0) is 14.5. The van der Waals surface area contributed by atoms with E-state index in [1.807, 2.05) is 30.8 Å². The zero-order valence-corrected chi connectivity index (χ0v) is 13.2. The Bertz CT molecular complexity index is 404. The molecule has 0 radical (unpaired) electrons. The highest BCUT2D eigenvalue weighted by molar-refractivity contribution is 8.00. The van der Waals surface area contributed by atoms with Crippen LogP contribution in [0.25, 0.3) is 0 Å². The van der Waals surface area contributed by atoms with Gasteiger partial charge in [-0.05, 0) is 12.6 Å². The van der Waals surface area contributed by atoms with Gasteiger partial charge in [-0.3, -0.25) is 0 Å². The molecule has 1 aromatic rings. The molecular weight excluding hydrogens is 261 g/mol. The number of methoxy groups -OCH3 is 1. The van der Waals surface area contributed by atoms with Crippen molar-refractivity contribution in [2.45, 2.75) is 38.5 Å². The summed E-state index contributed by atoms with van der Waals surface area (Å²) in [6.07, 6.45) is 0. The van der Waals surface area contributed by atoms with Gasteiger partial charge in [0.1, 0.15) is 0 Å². The molecule has 0 bridgehead atoms. The molecular formula is C15H24FNOS. The summed E-state index contributed by atoms with van der Waals surface area (Å²) in [5.74, 6) is 0.883. The molecule has 0 aliphatic heterocycles. The highest BCUT2D eigenvalue weighted by Gasteiger charge is 2.20. The number of halogens is 1. The van der Waals surface area contributed by atoms with Gasteiger partial charge < -0.3 is 10.1 Å². The molecule has 0 fully saturated rings. The molecule has 1 N–H and O–H groups in total. The van der Waals surface area contributed by atoms with E-state index in [-0.39, 0.29) is 16.6 Å². The van der Waals surface area contributed by atoms with Gasteiger partial charge in [0.2, 0.25) is 0 Å². The van der Waals surface area contributed by atoms with Crippen LogP contribution in [0.3, 0.4) is 0 Å². The molecule has 0 aliphatic rings.